The molecule has 0 aromatic rings. The average molecular weight is 190 g/mol. The number of hydrogen-bond donors (Lipinski definition) is 4. The van der Waals surface area contributed by atoms with E-state index in [1.54, 1.807) is 0 Å². The Kier molecular flexibility index (Phi) is 2.40. The van der Waals surface area contributed by atoms with Crippen molar-refractivity contribution >= 4 is 20.1 Å². The van der Waals surface area contributed by atoms with Crippen molar-refractivity contribution in [1.82, 2.24) is 0 Å². The highest BCUT2D eigenvalue weighted by Crippen LogP contribution is 2.74. The molecule has 60 valence electrons. The molecule has 0 spiro atoms. The second kappa shape index (κ2) is 2.45. The van der Waals surface area contributed by atoms with Crippen LogP contribution < -0.4 is 0 Å². The lowest BCUT2D eigenvalue weighted by atomic mass is 11.6. The summed E-state index contributed by atoms with van der Waals surface area (Å²) in [4.78, 5) is 33.6. The third-order valence-corrected chi connectivity index (χ3v) is 4.44. The maximum atomic E-state index is 10.1. The Hall–Kier alpha value is -0.190. The number of carboxylic acid groups (broad SMARTS) is 1. The van der Waals surface area contributed by atoms with Crippen LogP contribution in [-0.4, -0.2) is 25.5 Å². The molecule has 0 radical (unpaired) electrons. The normalized spacial score (nSPS) is 17.9. The number of hydrogen-bond acceptors (Lipinski definition) is 3. The Labute approximate surface area is 54.8 Å². The molecule has 0 saturated carbocycles. The van der Waals surface area contributed by atoms with Crippen LogP contribution in [0, 0.1) is 0 Å². The molecule has 0 amide bonds. The molecule has 0 aliphatic heterocycles. The van der Waals surface area contributed by atoms with Crippen molar-refractivity contribution < 1.29 is 33.7 Å². The Morgan fingerprint density at radius 1 is 1.10 bits per heavy atom. The van der Waals surface area contributed by atoms with Crippen LogP contribution in [0.1, 0.15) is 0 Å². The first-order valence-corrected chi connectivity index (χ1v) is 5.79. The van der Waals surface area contributed by atoms with Crippen LogP contribution in [0.5, 0.6) is 0 Å². The maximum absolute atomic E-state index is 10.1. The van der Waals surface area contributed by atoms with E-state index in [1.165, 1.54) is 0 Å². The highest BCUT2D eigenvalue weighted by molar-refractivity contribution is 8.35. The molecule has 0 rings (SSSR count). The van der Waals surface area contributed by atoms with E-state index >= 15 is 0 Å². The Balaban J connectivity index is 4.97. The fourth-order valence-electron chi connectivity index (χ4n) is 0.111. The van der Waals surface area contributed by atoms with Gasteiger partial charge in [-0.05, 0) is 0 Å². The SMILES string of the molecule is O=C(O)P(=O)(O)P(=O)(O)O. The first kappa shape index (κ1) is 9.81. The zero-order chi connectivity index (χ0) is 8.58. The summed E-state index contributed by atoms with van der Waals surface area (Å²) in [5.74, 6) is 0. The van der Waals surface area contributed by atoms with Gasteiger partial charge in [-0.2, -0.15) is 0 Å². The second-order valence-corrected chi connectivity index (χ2v) is 7.03. The minimum Gasteiger partial charge on any atom is -0.474 e. The van der Waals surface area contributed by atoms with Crippen molar-refractivity contribution in [3.63, 3.8) is 0 Å². The quantitative estimate of drug-likeness (QED) is 0.451. The van der Waals surface area contributed by atoms with Gasteiger partial charge in [-0.3, -0.25) is 4.57 Å². The van der Waals surface area contributed by atoms with Gasteiger partial charge in [0.15, 0.2) is 0 Å². The third kappa shape index (κ3) is 1.65. The van der Waals surface area contributed by atoms with Crippen LogP contribution in [0.4, 0.5) is 4.79 Å². The predicted molar refractivity (Wildman–Crippen MR) is 29.9 cm³/mol. The largest absolute Gasteiger partial charge is 0.474 e. The molecular weight excluding hydrogens is 186 g/mol. The van der Waals surface area contributed by atoms with Gasteiger partial charge in [-0.25, -0.2) is 9.36 Å². The summed E-state index contributed by atoms with van der Waals surface area (Å²) in [6, 6.07) is 0. The summed E-state index contributed by atoms with van der Waals surface area (Å²) >= 11 is 0. The summed E-state index contributed by atoms with van der Waals surface area (Å²) in [5.41, 5.74) is -2.39. The zero-order valence-electron chi connectivity index (χ0n) is 4.41. The van der Waals surface area contributed by atoms with Gasteiger partial charge in [0, 0.05) is 0 Å². The van der Waals surface area contributed by atoms with E-state index in [0.717, 1.165) is 0 Å². The van der Waals surface area contributed by atoms with Crippen LogP contribution >= 0.6 is 14.3 Å². The molecule has 0 saturated heterocycles. The first-order chi connectivity index (χ1) is 4.19. The Morgan fingerprint density at radius 3 is 1.40 bits per heavy atom. The van der Waals surface area contributed by atoms with Gasteiger partial charge in [0.25, 0.3) is 0 Å². The summed E-state index contributed by atoms with van der Waals surface area (Å²) in [5, 5.41) is 7.77. The molecule has 0 fully saturated rings. The van der Waals surface area contributed by atoms with Crippen molar-refractivity contribution in [2.75, 3.05) is 0 Å². The molecule has 0 aliphatic rings. The Morgan fingerprint density at radius 2 is 1.40 bits per heavy atom. The van der Waals surface area contributed by atoms with Gasteiger partial charge < -0.3 is 19.8 Å². The van der Waals surface area contributed by atoms with E-state index < -0.39 is 20.1 Å². The predicted octanol–water partition coefficient (Wildman–Crippen LogP) is 0.0275. The highest BCUT2D eigenvalue weighted by atomic mass is 32.1. The molecule has 0 aromatic heterocycles. The molecule has 0 heterocycles. The van der Waals surface area contributed by atoms with Crippen molar-refractivity contribution in [2.45, 2.75) is 0 Å². The summed E-state index contributed by atoms with van der Waals surface area (Å²) in [7, 11) is -10.8. The third-order valence-electron chi connectivity index (χ3n) is 0.602. The minimum absolute atomic E-state index is 2.39. The molecule has 10 heavy (non-hydrogen) atoms. The van der Waals surface area contributed by atoms with Crippen molar-refractivity contribution in [1.29, 1.82) is 0 Å². The maximum Gasteiger partial charge on any atom is 0.418 e. The van der Waals surface area contributed by atoms with Gasteiger partial charge >= 0.3 is 20.1 Å². The lowest BCUT2D eigenvalue weighted by Crippen LogP contribution is -1.94. The topological polar surface area (TPSA) is 132 Å². The molecule has 0 bridgehead atoms. The fourth-order valence-corrected chi connectivity index (χ4v) is 1.00. The minimum atomic E-state index is -5.41. The average Bonchev–Trinajstić information content (AvgIpc) is 1.62. The van der Waals surface area contributed by atoms with Gasteiger partial charge in [-0.1, -0.05) is 0 Å². The molecule has 7 nitrogen and oxygen atoms in total. The van der Waals surface area contributed by atoms with E-state index in [1.807, 2.05) is 0 Å². The van der Waals surface area contributed by atoms with Crippen LogP contribution in [0.25, 0.3) is 0 Å². The lowest BCUT2D eigenvalue weighted by Gasteiger charge is -2.05. The molecule has 1 unspecified atom stereocenters. The van der Waals surface area contributed by atoms with Gasteiger partial charge in [-0.15, -0.1) is 0 Å². The van der Waals surface area contributed by atoms with E-state index in [9.17, 15) is 13.9 Å². The summed E-state index contributed by atoms with van der Waals surface area (Å²) < 4.78 is 20.0. The summed E-state index contributed by atoms with van der Waals surface area (Å²) in [6.07, 6.45) is 0. The number of carbonyl (C=O) groups is 1. The van der Waals surface area contributed by atoms with E-state index in [-0.39, 0.29) is 0 Å². The molecular formula is CH4O7P2. The van der Waals surface area contributed by atoms with Crippen LogP contribution in [-0.2, 0) is 9.13 Å². The standard InChI is InChI=1S/CH4O7P2/c2-1(3)9(4,5)10(6,7)8/h(H,2,3)(H,4,5)(H2,6,7,8). The fraction of sp³-hybridized carbons (Fsp3) is 0. The zero-order valence-corrected chi connectivity index (χ0v) is 6.20. The van der Waals surface area contributed by atoms with E-state index in [4.69, 9.17) is 19.8 Å². The van der Waals surface area contributed by atoms with Crippen LogP contribution in [0.3, 0.4) is 0 Å². The first-order valence-electron chi connectivity index (χ1n) is 1.82. The van der Waals surface area contributed by atoms with Crippen molar-refractivity contribution in [3.05, 3.63) is 0 Å². The van der Waals surface area contributed by atoms with Crippen LogP contribution in [0.15, 0.2) is 0 Å². The molecule has 0 aliphatic carbocycles. The monoisotopic (exact) mass is 190 g/mol. The van der Waals surface area contributed by atoms with Gasteiger partial charge in [0.05, 0.1) is 0 Å². The molecule has 0 aromatic carbocycles. The van der Waals surface area contributed by atoms with Gasteiger partial charge in [0.1, 0.15) is 0 Å². The second-order valence-electron chi connectivity index (χ2n) is 1.34. The molecule has 1 atom stereocenters. The van der Waals surface area contributed by atoms with E-state index in [2.05, 4.69) is 0 Å². The Bertz CT molecular complexity index is 234. The van der Waals surface area contributed by atoms with Crippen molar-refractivity contribution in [3.8, 4) is 0 Å². The summed E-state index contributed by atoms with van der Waals surface area (Å²) in [6.45, 7) is 0. The van der Waals surface area contributed by atoms with Gasteiger partial charge in [0.2, 0.25) is 0 Å². The number of rotatable bonds is 2. The molecule has 4 N–H and O–H groups in total. The lowest BCUT2D eigenvalue weighted by molar-refractivity contribution is 0.215. The van der Waals surface area contributed by atoms with Crippen LogP contribution in [0.2, 0.25) is 0 Å². The van der Waals surface area contributed by atoms with Crippen molar-refractivity contribution in [2.24, 2.45) is 0 Å². The smallest absolute Gasteiger partial charge is 0.418 e. The highest BCUT2D eigenvalue weighted by Gasteiger charge is 2.47. The van der Waals surface area contributed by atoms with E-state index in [0.29, 0.717) is 0 Å². The molecule has 9 heteroatoms.